The summed E-state index contributed by atoms with van der Waals surface area (Å²) in [6.45, 7) is 3.82. The van der Waals surface area contributed by atoms with Gasteiger partial charge >= 0.3 is 0 Å². The lowest BCUT2D eigenvalue weighted by Crippen LogP contribution is -2.33. The Labute approximate surface area is 109 Å². The van der Waals surface area contributed by atoms with E-state index in [9.17, 15) is 8.42 Å². The molecular formula is C11H22N4O2S. The van der Waals surface area contributed by atoms with E-state index >= 15 is 0 Å². The first-order chi connectivity index (χ1) is 8.53. The molecule has 7 heteroatoms. The number of nitrogens with zero attached hydrogens (tertiary/aromatic N) is 2. The van der Waals surface area contributed by atoms with Crippen LogP contribution >= 0.6 is 0 Å². The number of aromatic nitrogens is 2. The van der Waals surface area contributed by atoms with Gasteiger partial charge in [-0.15, -0.1) is 0 Å². The van der Waals surface area contributed by atoms with Gasteiger partial charge in [-0.3, -0.25) is 4.68 Å². The number of rotatable bonds is 9. The van der Waals surface area contributed by atoms with E-state index in [1.807, 2.05) is 20.2 Å². The van der Waals surface area contributed by atoms with Gasteiger partial charge in [0, 0.05) is 26.3 Å². The van der Waals surface area contributed by atoms with Gasteiger partial charge in [-0.2, -0.15) is 5.10 Å². The van der Waals surface area contributed by atoms with Crippen LogP contribution in [0.5, 0.6) is 0 Å². The number of hydrogen-bond acceptors (Lipinski definition) is 4. The summed E-state index contributed by atoms with van der Waals surface area (Å²) >= 11 is 0. The molecule has 0 unspecified atom stereocenters. The smallest absolute Gasteiger partial charge is 0.212 e. The Balaban J connectivity index is 2.20. The molecule has 0 atom stereocenters. The third kappa shape index (κ3) is 6.13. The molecule has 0 aromatic carbocycles. The summed E-state index contributed by atoms with van der Waals surface area (Å²) in [4.78, 5) is 0. The minimum atomic E-state index is -3.17. The molecule has 0 aliphatic rings. The molecule has 0 fully saturated rings. The van der Waals surface area contributed by atoms with Crippen molar-refractivity contribution in [2.75, 3.05) is 25.4 Å². The molecule has 0 aliphatic carbocycles. The molecule has 1 aromatic heterocycles. The van der Waals surface area contributed by atoms with E-state index in [2.05, 4.69) is 15.1 Å². The minimum absolute atomic E-state index is 0.125. The Bertz CT molecular complexity index is 442. The van der Waals surface area contributed by atoms with Crippen LogP contribution in [-0.4, -0.2) is 43.6 Å². The average molecular weight is 274 g/mol. The number of hydrogen-bond donors (Lipinski definition) is 2. The Hall–Kier alpha value is -0.920. The SMILES string of the molecule is CCCNCCS(=O)(=O)NCCc1cnn(C)c1. The van der Waals surface area contributed by atoms with Crippen molar-refractivity contribution in [3.8, 4) is 0 Å². The molecule has 0 radical (unpaired) electrons. The van der Waals surface area contributed by atoms with Crippen molar-refractivity contribution >= 4 is 10.0 Å². The molecule has 0 bridgehead atoms. The Morgan fingerprint density at radius 2 is 2.11 bits per heavy atom. The molecule has 18 heavy (non-hydrogen) atoms. The van der Waals surface area contributed by atoms with Crippen LogP contribution in [0.2, 0.25) is 0 Å². The van der Waals surface area contributed by atoms with Crippen LogP contribution in [0.3, 0.4) is 0 Å². The van der Waals surface area contributed by atoms with Gasteiger partial charge in [-0.25, -0.2) is 13.1 Å². The molecule has 0 saturated heterocycles. The van der Waals surface area contributed by atoms with Crippen molar-refractivity contribution in [1.82, 2.24) is 19.8 Å². The van der Waals surface area contributed by atoms with Crippen LogP contribution in [0.4, 0.5) is 0 Å². The molecule has 0 aliphatic heterocycles. The highest BCUT2D eigenvalue weighted by Gasteiger charge is 2.08. The van der Waals surface area contributed by atoms with Gasteiger partial charge in [0.2, 0.25) is 10.0 Å². The molecule has 0 saturated carbocycles. The van der Waals surface area contributed by atoms with Crippen LogP contribution in [0, 0.1) is 0 Å². The summed E-state index contributed by atoms with van der Waals surface area (Å²) in [5, 5.41) is 7.10. The second kappa shape index (κ2) is 7.50. The van der Waals surface area contributed by atoms with Gasteiger partial charge in [-0.05, 0) is 24.9 Å². The van der Waals surface area contributed by atoms with Crippen molar-refractivity contribution in [2.24, 2.45) is 7.05 Å². The largest absolute Gasteiger partial charge is 0.316 e. The van der Waals surface area contributed by atoms with Crippen LogP contribution < -0.4 is 10.0 Å². The Morgan fingerprint density at radius 3 is 2.72 bits per heavy atom. The van der Waals surface area contributed by atoms with Crippen LogP contribution in [0.25, 0.3) is 0 Å². The topological polar surface area (TPSA) is 76.0 Å². The van der Waals surface area contributed by atoms with Crippen molar-refractivity contribution in [3.63, 3.8) is 0 Å². The summed E-state index contributed by atoms with van der Waals surface area (Å²) in [6, 6.07) is 0. The third-order valence-corrected chi connectivity index (χ3v) is 3.85. The van der Waals surface area contributed by atoms with Gasteiger partial charge in [-0.1, -0.05) is 6.92 Å². The van der Waals surface area contributed by atoms with Crippen molar-refractivity contribution < 1.29 is 8.42 Å². The van der Waals surface area contributed by atoms with E-state index in [0.29, 0.717) is 19.5 Å². The lowest BCUT2D eigenvalue weighted by molar-refractivity contribution is 0.576. The summed E-state index contributed by atoms with van der Waals surface area (Å²) in [6.07, 6.45) is 5.30. The third-order valence-electron chi connectivity index (χ3n) is 2.47. The highest BCUT2D eigenvalue weighted by atomic mass is 32.2. The van der Waals surface area contributed by atoms with Gasteiger partial charge in [0.1, 0.15) is 0 Å². The van der Waals surface area contributed by atoms with E-state index in [1.54, 1.807) is 10.9 Å². The van der Waals surface area contributed by atoms with Crippen LogP contribution in [0.1, 0.15) is 18.9 Å². The second-order valence-electron chi connectivity index (χ2n) is 4.24. The van der Waals surface area contributed by atoms with E-state index in [0.717, 1.165) is 18.5 Å². The fraction of sp³-hybridized carbons (Fsp3) is 0.727. The normalized spacial score (nSPS) is 11.9. The molecule has 0 amide bonds. The van der Waals surface area contributed by atoms with Crippen molar-refractivity contribution in [2.45, 2.75) is 19.8 Å². The van der Waals surface area contributed by atoms with E-state index in [4.69, 9.17) is 0 Å². The number of sulfonamides is 1. The Morgan fingerprint density at radius 1 is 1.33 bits per heavy atom. The lowest BCUT2D eigenvalue weighted by atomic mass is 10.3. The zero-order valence-corrected chi connectivity index (χ0v) is 11.8. The standard InChI is InChI=1S/C11H22N4O2S/c1-3-5-12-7-8-18(16,17)14-6-4-11-9-13-15(2)10-11/h9-10,12,14H,3-8H2,1-2H3. The van der Waals surface area contributed by atoms with Gasteiger partial charge in [0.05, 0.1) is 11.9 Å². The fourth-order valence-corrected chi connectivity index (χ4v) is 2.50. The quantitative estimate of drug-likeness (QED) is 0.616. The summed E-state index contributed by atoms with van der Waals surface area (Å²) in [7, 11) is -1.32. The molecule has 1 heterocycles. The molecule has 6 nitrogen and oxygen atoms in total. The highest BCUT2D eigenvalue weighted by Crippen LogP contribution is 1.96. The maximum atomic E-state index is 11.6. The number of nitrogens with one attached hydrogen (secondary N) is 2. The second-order valence-corrected chi connectivity index (χ2v) is 6.16. The van der Waals surface area contributed by atoms with Gasteiger partial charge < -0.3 is 5.32 Å². The molecule has 1 rings (SSSR count). The molecule has 2 N–H and O–H groups in total. The first-order valence-corrected chi connectivity index (χ1v) is 7.84. The average Bonchev–Trinajstić information content (AvgIpc) is 2.70. The van der Waals surface area contributed by atoms with Crippen LogP contribution in [-0.2, 0) is 23.5 Å². The first kappa shape index (κ1) is 15.1. The Kier molecular flexibility index (Phi) is 6.31. The predicted octanol–water partition coefficient (Wildman–Crippen LogP) is -0.118. The molecule has 104 valence electrons. The van der Waals surface area contributed by atoms with E-state index in [-0.39, 0.29) is 5.75 Å². The first-order valence-electron chi connectivity index (χ1n) is 6.19. The fourth-order valence-electron chi connectivity index (χ4n) is 1.53. The minimum Gasteiger partial charge on any atom is -0.316 e. The summed E-state index contributed by atoms with van der Waals surface area (Å²) in [5.74, 6) is 0.125. The van der Waals surface area contributed by atoms with Gasteiger partial charge in [0.15, 0.2) is 0 Å². The zero-order valence-electron chi connectivity index (χ0n) is 11.0. The van der Waals surface area contributed by atoms with Crippen molar-refractivity contribution in [3.05, 3.63) is 18.0 Å². The van der Waals surface area contributed by atoms with Crippen molar-refractivity contribution in [1.29, 1.82) is 0 Å². The predicted molar refractivity (Wildman–Crippen MR) is 71.9 cm³/mol. The number of aryl methyl sites for hydroxylation is 1. The maximum Gasteiger partial charge on any atom is 0.212 e. The molecule has 0 spiro atoms. The van der Waals surface area contributed by atoms with Gasteiger partial charge in [0.25, 0.3) is 0 Å². The maximum absolute atomic E-state index is 11.6. The van der Waals surface area contributed by atoms with Crippen LogP contribution in [0.15, 0.2) is 12.4 Å². The highest BCUT2D eigenvalue weighted by molar-refractivity contribution is 7.89. The summed E-state index contributed by atoms with van der Waals surface area (Å²) < 4.78 is 27.5. The summed E-state index contributed by atoms with van der Waals surface area (Å²) in [5.41, 5.74) is 1.03. The molecule has 1 aromatic rings. The van der Waals surface area contributed by atoms with E-state index < -0.39 is 10.0 Å². The van der Waals surface area contributed by atoms with E-state index in [1.165, 1.54) is 0 Å². The zero-order chi connectivity index (χ0) is 13.4. The monoisotopic (exact) mass is 274 g/mol. The lowest BCUT2D eigenvalue weighted by Gasteiger charge is -2.06. The molecular weight excluding hydrogens is 252 g/mol.